The van der Waals surface area contributed by atoms with Crippen LogP contribution in [0.15, 0.2) is 88.8 Å². The lowest BCUT2D eigenvalue weighted by Crippen LogP contribution is -2.35. The molecule has 1 N–H and O–H groups in total. The Balaban J connectivity index is 1.64. The number of rotatable bonds is 6. The first kappa shape index (κ1) is 22.1. The highest BCUT2D eigenvalue weighted by atomic mass is 16.2. The molecule has 1 atom stereocenters. The molecule has 6 nitrogen and oxygen atoms in total. The first-order chi connectivity index (χ1) is 16.0. The van der Waals surface area contributed by atoms with Gasteiger partial charge in [0, 0.05) is 5.56 Å². The Morgan fingerprint density at radius 1 is 0.939 bits per heavy atom. The van der Waals surface area contributed by atoms with Crippen LogP contribution in [-0.2, 0) is 4.79 Å². The SMILES string of the molecule is CC(C)c1ccc(/C=N/NC(=O)[C@@H](C)n2c(-c3ccccc3)nc3ccccc3c2=O)cc1. The summed E-state index contributed by atoms with van der Waals surface area (Å²) in [6.07, 6.45) is 1.59. The summed E-state index contributed by atoms with van der Waals surface area (Å²) in [7, 11) is 0. The Morgan fingerprint density at radius 3 is 2.30 bits per heavy atom. The fourth-order valence-electron chi connectivity index (χ4n) is 3.64. The molecule has 0 radical (unpaired) electrons. The quantitative estimate of drug-likeness (QED) is 0.344. The topological polar surface area (TPSA) is 76.3 Å². The maximum Gasteiger partial charge on any atom is 0.263 e. The van der Waals surface area contributed by atoms with Gasteiger partial charge >= 0.3 is 0 Å². The molecular weight excluding hydrogens is 412 g/mol. The Bertz CT molecular complexity index is 1360. The fraction of sp³-hybridized carbons (Fsp3) is 0.185. The number of hydrogen-bond acceptors (Lipinski definition) is 4. The van der Waals surface area contributed by atoms with Gasteiger partial charge in [0.2, 0.25) is 0 Å². The third kappa shape index (κ3) is 4.75. The smallest absolute Gasteiger partial charge is 0.263 e. The van der Waals surface area contributed by atoms with Gasteiger partial charge in [-0.1, -0.05) is 80.6 Å². The predicted molar refractivity (Wildman–Crippen MR) is 132 cm³/mol. The molecule has 0 saturated heterocycles. The third-order valence-electron chi connectivity index (χ3n) is 5.60. The molecule has 0 spiro atoms. The molecule has 0 bridgehead atoms. The van der Waals surface area contributed by atoms with Gasteiger partial charge in [0.25, 0.3) is 11.5 Å². The standard InChI is InChI=1S/C27H26N4O2/c1-18(2)21-15-13-20(14-16-21)17-28-30-26(32)19(3)31-25(22-9-5-4-6-10-22)29-24-12-8-7-11-23(24)27(31)33/h4-19H,1-3H3,(H,30,32)/b28-17+/t19-/m1/s1. The molecule has 166 valence electrons. The Kier molecular flexibility index (Phi) is 6.45. The van der Waals surface area contributed by atoms with Crippen molar-refractivity contribution in [3.63, 3.8) is 0 Å². The monoisotopic (exact) mass is 438 g/mol. The highest BCUT2D eigenvalue weighted by molar-refractivity contribution is 5.85. The molecule has 33 heavy (non-hydrogen) atoms. The van der Waals surface area contributed by atoms with Crippen LogP contribution in [0, 0.1) is 0 Å². The van der Waals surface area contributed by atoms with E-state index >= 15 is 0 Å². The average Bonchev–Trinajstić information content (AvgIpc) is 2.84. The number of benzene rings is 3. The molecule has 0 aliphatic rings. The van der Waals surface area contributed by atoms with Crippen LogP contribution in [0.1, 0.15) is 43.9 Å². The highest BCUT2D eigenvalue weighted by Gasteiger charge is 2.22. The number of hydrogen-bond donors (Lipinski definition) is 1. The van der Waals surface area contributed by atoms with Crippen LogP contribution in [0.4, 0.5) is 0 Å². The summed E-state index contributed by atoms with van der Waals surface area (Å²) >= 11 is 0. The fourth-order valence-corrected chi connectivity index (χ4v) is 3.64. The Morgan fingerprint density at radius 2 is 1.61 bits per heavy atom. The van der Waals surface area contributed by atoms with E-state index in [9.17, 15) is 9.59 Å². The number of para-hydroxylation sites is 1. The van der Waals surface area contributed by atoms with E-state index in [1.165, 1.54) is 10.1 Å². The van der Waals surface area contributed by atoms with Crippen LogP contribution in [0.2, 0.25) is 0 Å². The molecule has 4 rings (SSSR count). The van der Waals surface area contributed by atoms with Crippen molar-refractivity contribution in [3.05, 3.63) is 100 Å². The van der Waals surface area contributed by atoms with Gasteiger partial charge in [-0.2, -0.15) is 5.10 Å². The van der Waals surface area contributed by atoms with E-state index in [0.29, 0.717) is 22.6 Å². The van der Waals surface area contributed by atoms with Crippen molar-refractivity contribution in [3.8, 4) is 11.4 Å². The first-order valence-electron chi connectivity index (χ1n) is 11.0. The van der Waals surface area contributed by atoms with Gasteiger partial charge < -0.3 is 0 Å². The van der Waals surface area contributed by atoms with Crippen LogP contribution in [0.25, 0.3) is 22.3 Å². The number of nitrogens with zero attached hydrogens (tertiary/aromatic N) is 3. The van der Waals surface area contributed by atoms with Gasteiger partial charge in [-0.15, -0.1) is 0 Å². The predicted octanol–water partition coefficient (Wildman–Crippen LogP) is 4.90. The number of nitrogens with one attached hydrogen (secondary N) is 1. The number of aromatic nitrogens is 2. The normalized spacial score (nSPS) is 12.4. The zero-order chi connectivity index (χ0) is 23.4. The number of carbonyl (C=O) groups is 1. The average molecular weight is 439 g/mol. The Hall–Kier alpha value is -4.06. The molecule has 0 aliphatic heterocycles. The summed E-state index contributed by atoms with van der Waals surface area (Å²) in [6, 6.07) is 23.7. The van der Waals surface area contributed by atoms with E-state index in [2.05, 4.69) is 24.4 Å². The van der Waals surface area contributed by atoms with E-state index in [4.69, 9.17) is 4.98 Å². The van der Waals surface area contributed by atoms with Crippen molar-refractivity contribution >= 4 is 23.0 Å². The molecule has 6 heteroatoms. The van der Waals surface area contributed by atoms with E-state index in [0.717, 1.165) is 11.1 Å². The number of fused-ring (bicyclic) bond motifs is 1. The van der Waals surface area contributed by atoms with Gasteiger partial charge in [0.05, 0.1) is 17.1 Å². The molecule has 1 aromatic heterocycles. The van der Waals surface area contributed by atoms with Crippen molar-refractivity contribution < 1.29 is 4.79 Å². The van der Waals surface area contributed by atoms with Crippen molar-refractivity contribution in [2.45, 2.75) is 32.7 Å². The van der Waals surface area contributed by atoms with E-state index in [1.807, 2.05) is 60.7 Å². The van der Waals surface area contributed by atoms with Crippen molar-refractivity contribution in [1.29, 1.82) is 0 Å². The third-order valence-corrected chi connectivity index (χ3v) is 5.60. The maximum absolute atomic E-state index is 13.4. The van der Waals surface area contributed by atoms with Gasteiger partial charge in [-0.3, -0.25) is 14.2 Å². The van der Waals surface area contributed by atoms with Gasteiger partial charge in [0.15, 0.2) is 0 Å². The van der Waals surface area contributed by atoms with Crippen LogP contribution in [0.3, 0.4) is 0 Å². The lowest BCUT2D eigenvalue weighted by atomic mass is 10.0. The zero-order valence-electron chi connectivity index (χ0n) is 18.9. The van der Waals surface area contributed by atoms with Crippen LogP contribution < -0.4 is 11.0 Å². The number of carbonyl (C=O) groups excluding carboxylic acids is 1. The highest BCUT2D eigenvalue weighted by Crippen LogP contribution is 2.22. The van der Waals surface area contributed by atoms with Gasteiger partial charge in [0.1, 0.15) is 11.9 Å². The second kappa shape index (κ2) is 9.61. The number of amides is 1. The lowest BCUT2D eigenvalue weighted by molar-refractivity contribution is -0.123. The van der Waals surface area contributed by atoms with Crippen LogP contribution >= 0.6 is 0 Å². The van der Waals surface area contributed by atoms with E-state index in [-0.39, 0.29) is 5.56 Å². The van der Waals surface area contributed by atoms with Crippen molar-refractivity contribution in [2.24, 2.45) is 5.10 Å². The van der Waals surface area contributed by atoms with E-state index < -0.39 is 11.9 Å². The number of hydrazone groups is 1. The minimum Gasteiger partial charge on any atom is -0.280 e. The summed E-state index contributed by atoms with van der Waals surface area (Å²) in [4.78, 5) is 31.0. The zero-order valence-corrected chi connectivity index (χ0v) is 18.9. The molecule has 4 aromatic rings. The van der Waals surface area contributed by atoms with Gasteiger partial charge in [-0.25, -0.2) is 10.4 Å². The minimum atomic E-state index is -0.815. The largest absolute Gasteiger partial charge is 0.280 e. The summed E-state index contributed by atoms with van der Waals surface area (Å²) in [6.45, 7) is 5.95. The van der Waals surface area contributed by atoms with Gasteiger partial charge in [-0.05, 0) is 36.1 Å². The summed E-state index contributed by atoms with van der Waals surface area (Å²) in [5, 5.41) is 4.56. The van der Waals surface area contributed by atoms with E-state index in [1.54, 1.807) is 31.3 Å². The lowest BCUT2D eigenvalue weighted by Gasteiger charge is -2.18. The molecular formula is C27H26N4O2. The molecule has 0 saturated carbocycles. The minimum absolute atomic E-state index is 0.268. The maximum atomic E-state index is 13.4. The summed E-state index contributed by atoms with van der Waals surface area (Å²) in [5.41, 5.74) is 5.76. The van der Waals surface area contributed by atoms with Crippen LogP contribution in [-0.4, -0.2) is 21.7 Å². The first-order valence-corrected chi connectivity index (χ1v) is 11.0. The molecule has 0 aliphatic carbocycles. The van der Waals surface area contributed by atoms with Crippen molar-refractivity contribution in [2.75, 3.05) is 0 Å². The molecule has 0 unspecified atom stereocenters. The Labute approximate surface area is 192 Å². The van der Waals surface area contributed by atoms with Crippen LogP contribution in [0.5, 0.6) is 0 Å². The van der Waals surface area contributed by atoms with Crippen molar-refractivity contribution in [1.82, 2.24) is 15.0 Å². The molecule has 3 aromatic carbocycles. The second-order valence-electron chi connectivity index (χ2n) is 8.23. The summed E-state index contributed by atoms with van der Waals surface area (Å²) < 4.78 is 1.43. The molecule has 0 fully saturated rings. The summed E-state index contributed by atoms with van der Waals surface area (Å²) in [5.74, 6) is 0.487. The molecule has 1 heterocycles. The second-order valence-corrected chi connectivity index (χ2v) is 8.23. The molecule has 1 amide bonds.